The Morgan fingerprint density at radius 2 is 2.29 bits per heavy atom. The standard InChI is InChI=1S/C12H12ClFN2O/c1-16-7-15-6-11(16)12(17)5-8-4-9(13)2-3-10(8)14/h2-4,6-7,12,17H,5H2,1H3. The topological polar surface area (TPSA) is 38.0 Å². The molecule has 1 atom stereocenters. The van der Waals surface area contributed by atoms with Gasteiger partial charge in [-0.1, -0.05) is 11.6 Å². The average molecular weight is 255 g/mol. The molecule has 1 aromatic heterocycles. The summed E-state index contributed by atoms with van der Waals surface area (Å²) in [7, 11) is 1.78. The van der Waals surface area contributed by atoms with Crippen LogP contribution in [0.15, 0.2) is 30.7 Å². The van der Waals surface area contributed by atoms with Crippen molar-refractivity contribution in [1.82, 2.24) is 9.55 Å². The predicted molar refractivity (Wildman–Crippen MR) is 63.3 cm³/mol. The third-order valence-corrected chi connectivity index (χ3v) is 2.85. The van der Waals surface area contributed by atoms with Gasteiger partial charge < -0.3 is 9.67 Å². The van der Waals surface area contributed by atoms with Crippen LogP contribution in [0, 0.1) is 5.82 Å². The number of aliphatic hydroxyl groups excluding tert-OH is 1. The molecular formula is C12H12ClFN2O. The average Bonchev–Trinajstić information content (AvgIpc) is 2.70. The molecule has 2 rings (SSSR count). The molecule has 0 saturated heterocycles. The third kappa shape index (κ3) is 2.65. The molecule has 1 N–H and O–H groups in total. The maximum Gasteiger partial charge on any atom is 0.126 e. The van der Waals surface area contributed by atoms with Crippen LogP contribution in [0.5, 0.6) is 0 Å². The summed E-state index contributed by atoms with van der Waals surface area (Å²) in [5, 5.41) is 10.4. The molecule has 0 fully saturated rings. The van der Waals surface area contributed by atoms with Crippen molar-refractivity contribution < 1.29 is 9.50 Å². The zero-order chi connectivity index (χ0) is 12.4. The fourth-order valence-corrected chi connectivity index (χ4v) is 1.90. The first-order chi connectivity index (χ1) is 8.08. The van der Waals surface area contributed by atoms with Crippen LogP contribution in [0.2, 0.25) is 5.02 Å². The second-order valence-corrected chi connectivity index (χ2v) is 4.32. The smallest absolute Gasteiger partial charge is 0.126 e. The van der Waals surface area contributed by atoms with E-state index in [1.165, 1.54) is 18.2 Å². The largest absolute Gasteiger partial charge is 0.386 e. The highest BCUT2D eigenvalue weighted by molar-refractivity contribution is 6.30. The van der Waals surface area contributed by atoms with E-state index in [2.05, 4.69) is 4.98 Å². The first kappa shape index (κ1) is 12.1. The molecule has 1 unspecified atom stereocenters. The Hall–Kier alpha value is -1.39. The summed E-state index contributed by atoms with van der Waals surface area (Å²) < 4.78 is 15.2. The highest BCUT2D eigenvalue weighted by Crippen LogP contribution is 2.22. The van der Waals surface area contributed by atoms with Crippen molar-refractivity contribution in [2.45, 2.75) is 12.5 Å². The van der Waals surface area contributed by atoms with Gasteiger partial charge in [0.2, 0.25) is 0 Å². The Bertz CT molecular complexity index is 527. The summed E-state index contributed by atoms with van der Waals surface area (Å²) >= 11 is 5.79. The van der Waals surface area contributed by atoms with E-state index >= 15 is 0 Å². The normalized spacial score (nSPS) is 12.7. The Labute approximate surface area is 103 Å². The summed E-state index contributed by atoms with van der Waals surface area (Å²) in [6, 6.07) is 4.31. The number of aromatic nitrogens is 2. The molecule has 3 nitrogen and oxygen atoms in total. The summed E-state index contributed by atoms with van der Waals surface area (Å²) in [6.45, 7) is 0. The molecule has 90 valence electrons. The van der Waals surface area contributed by atoms with E-state index in [1.807, 2.05) is 0 Å². The number of benzene rings is 1. The van der Waals surface area contributed by atoms with E-state index in [-0.39, 0.29) is 12.2 Å². The van der Waals surface area contributed by atoms with Gasteiger partial charge in [-0.2, -0.15) is 0 Å². The zero-order valence-corrected chi connectivity index (χ0v) is 10.0. The number of hydrogen-bond acceptors (Lipinski definition) is 2. The first-order valence-electron chi connectivity index (χ1n) is 5.16. The lowest BCUT2D eigenvalue weighted by Gasteiger charge is -2.12. The van der Waals surface area contributed by atoms with Crippen LogP contribution in [-0.2, 0) is 13.5 Å². The van der Waals surface area contributed by atoms with Crippen molar-refractivity contribution in [1.29, 1.82) is 0 Å². The Balaban J connectivity index is 2.21. The van der Waals surface area contributed by atoms with Gasteiger partial charge in [0.1, 0.15) is 5.82 Å². The van der Waals surface area contributed by atoms with Gasteiger partial charge in [0.15, 0.2) is 0 Å². The third-order valence-electron chi connectivity index (χ3n) is 2.62. The lowest BCUT2D eigenvalue weighted by Crippen LogP contribution is -2.07. The highest BCUT2D eigenvalue weighted by Gasteiger charge is 2.14. The molecule has 0 saturated carbocycles. The SMILES string of the molecule is Cn1cncc1C(O)Cc1cc(Cl)ccc1F. The van der Waals surface area contributed by atoms with E-state index in [0.717, 1.165) is 0 Å². The molecule has 1 heterocycles. The summed E-state index contributed by atoms with van der Waals surface area (Å²) in [4.78, 5) is 3.91. The maximum absolute atomic E-state index is 13.5. The Morgan fingerprint density at radius 1 is 1.53 bits per heavy atom. The van der Waals surface area contributed by atoms with Crippen molar-refractivity contribution in [2.24, 2.45) is 7.05 Å². The van der Waals surface area contributed by atoms with Gasteiger partial charge in [-0.3, -0.25) is 0 Å². The molecule has 0 amide bonds. The minimum absolute atomic E-state index is 0.173. The number of aliphatic hydroxyl groups is 1. The van der Waals surface area contributed by atoms with Gasteiger partial charge in [-0.15, -0.1) is 0 Å². The molecule has 0 aliphatic heterocycles. The maximum atomic E-state index is 13.5. The zero-order valence-electron chi connectivity index (χ0n) is 9.27. The van der Waals surface area contributed by atoms with Gasteiger partial charge >= 0.3 is 0 Å². The Kier molecular flexibility index (Phi) is 3.45. The van der Waals surface area contributed by atoms with Gasteiger partial charge in [0, 0.05) is 18.5 Å². The quantitative estimate of drug-likeness (QED) is 0.914. The van der Waals surface area contributed by atoms with Gasteiger partial charge in [0.05, 0.1) is 24.3 Å². The molecule has 0 radical (unpaired) electrons. The van der Waals surface area contributed by atoms with Crippen LogP contribution in [0.3, 0.4) is 0 Å². The van der Waals surface area contributed by atoms with E-state index in [9.17, 15) is 9.50 Å². The number of imidazole rings is 1. The number of aryl methyl sites for hydroxylation is 1. The van der Waals surface area contributed by atoms with Crippen molar-refractivity contribution >= 4 is 11.6 Å². The summed E-state index contributed by atoms with van der Waals surface area (Å²) in [5.74, 6) is -0.365. The van der Waals surface area contributed by atoms with Gasteiger partial charge in [-0.05, 0) is 23.8 Å². The van der Waals surface area contributed by atoms with E-state index in [4.69, 9.17) is 11.6 Å². The van der Waals surface area contributed by atoms with Crippen LogP contribution in [-0.4, -0.2) is 14.7 Å². The van der Waals surface area contributed by atoms with Gasteiger partial charge in [-0.25, -0.2) is 9.37 Å². The molecule has 1 aromatic carbocycles. The molecule has 17 heavy (non-hydrogen) atoms. The number of rotatable bonds is 3. The first-order valence-corrected chi connectivity index (χ1v) is 5.54. The predicted octanol–water partition coefficient (Wildman–Crippen LogP) is 2.49. The monoisotopic (exact) mass is 254 g/mol. The molecule has 0 spiro atoms. The lowest BCUT2D eigenvalue weighted by atomic mass is 10.1. The number of nitrogens with zero attached hydrogens (tertiary/aromatic N) is 2. The van der Waals surface area contributed by atoms with Gasteiger partial charge in [0.25, 0.3) is 0 Å². The molecule has 0 bridgehead atoms. The van der Waals surface area contributed by atoms with Crippen molar-refractivity contribution in [3.63, 3.8) is 0 Å². The van der Waals surface area contributed by atoms with E-state index < -0.39 is 6.10 Å². The van der Waals surface area contributed by atoms with Crippen LogP contribution >= 0.6 is 11.6 Å². The molecule has 0 aliphatic rings. The highest BCUT2D eigenvalue weighted by atomic mass is 35.5. The second-order valence-electron chi connectivity index (χ2n) is 3.89. The van der Waals surface area contributed by atoms with Crippen LogP contribution in [0.25, 0.3) is 0 Å². The fraction of sp³-hybridized carbons (Fsp3) is 0.250. The van der Waals surface area contributed by atoms with Crippen LogP contribution in [0.1, 0.15) is 17.4 Å². The second kappa shape index (κ2) is 4.85. The van der Waals surface area contributed by atoms with Crippen LogP contribution in [0.4, 0.5) is 4.39 Å². The van der Waals surface area contributed by atoms with E-state index in [1.54, 1.807) is 24.1 Å². The fourth-order valence-electron chi connectivity index (χ4n) is 1.70. The van der Waals surface area contributed by atoms with Crippen molar-refractivity contribution in [3.05, 3.63) is 52.8 Å². The number of halogens is 2. The minimum atomic E-state index is -0.796. The minimum Gasteiger partial charge on any atom is -0.386 e. The molecule has 5 heteroatoms. The van der Waals surface area contributed by atoms with Crippen LogP contribution < -0.4 is 0 Å². The molecule has 0 aliphatic carbocycles. The molecular weight excluding hydrogens is 243 g/mol. The summed E-state index contributed by atoms with van der Waals surface area (Å²) in [5.41, 5.74) is 1.04. The number of hydrogen-bond donors (Lipinski definition) is 1. The Morgan fingerprint density at radius 3 is 2.94 bits per heavy atom. The van der Waals surface area contributed by atoms with Crippen molar-refractivity contribution in [3.8, 4) is 0 Å². The van der Waals surface area contributed by atoms with Crippen molar-refractivity contribution in [2.75, 3.05) is 0 Å². The van der Waals surface area contributed by atoms with E-state index in [0.29, 0.717) is 16.3 Å². The molecule has 2 aromatic rings. The summed E-state index contributed by atoms with van der Waals surface area (Å²) in [6.07, 6.45) is 2.53. The lowest BCUT2D eigenvalue weighted by molar-refractivity contribution is 0.169.